The van der Waals surface area contributed by atoms with Crippen molar-refractivity contribution in [3.8, 4) is 11.8 Å². The number of carbonyl (C=O) groups is 9. The lowest BCUT2D eigenvalue weighted by Gasteiger charge is -2.31. The number of carbonyl (C=O) groups excluding carboxylic acids is 9. The molecule has 4 aliphatic rings. The quantitative estimate of drug-likeness (QED) is 0.0409. The number of benzene rings is 4. The molecule has 20 heteroatoms. The van der Waals surface area contributed by atoms with Crippen molar-refractivity contribution in [1.82, 2.24) is 36.0 Å². The number of halogens is 2. The number of unbranched alkanes of at least 4 members (excludes halogenated alkanes) is 3. The lowest BCUT2D eigenvalue weighted by molar-refractivity contribution is -0.141. The monoisotopic (exact) mass is 1090 g/mol. The van der Waals surface area contributed by atoms with Crippen molar-refractivity contribution < 1.29 is 51.9 Å². The Balaban J connectivity index is 0.880. The van der Waals surface area contributed by atoms with Crippen LogP contribution < -0.4 is 27.0 Å². The van der Waals surface area contributed by atoms with Gasteiger partial charge in [-0.05, 0) is 90.9 Å². The van der Waals surface area contributed by atoms with E-state index in [1.807, 2.05) is 66.7 Å². The minimum Gasteiger partial charge on any atom is -0.370 e. The second-order valence-electron chi connectivity index (χ2n) is 20.5. The molecule has 3 saturated heterocycles. The molecule has 1 unspecified atom stereocenters. The molecule has 0 spiro atoms. The molecule has 9 rings (SSSR count). The molecule has 17 nitrogen and oxygen atoms in total. The smallest absolute Gasteiger partial charge is 0.270 e. The van der Waals surface area contributed by atoms with Crippen LogP contribution in [0.2, 0.25) is 0 Å². The van der Waals surface area contributed by atoms with E-state index in [0.29, 0.717) is 53.3 Å². The third kappa shape index (κ3) is 12.8. The molecule has 79 heavy (non-hydrogen) atoms. The van der Waals surface area contributed by atoms with Gasteiger partial charge in [0.1, 0.15) is 24.2 Å². The summed E-state index contributed by atoms with van der Waals surface area (Å²) in [6, 6.07) is 23.6. The van der Waals surface area contributed by atoms with E-state index in [9.17, 15) is 51.9 Å². The number of nitrogens with zero attached hydrogens (tertiary/aromatic N) is 3. The number of alkyl halides is 2. The van der Waals surface area contributed by atoms with E-state index in [2.05, 4.69) is 33.1 Å². The van der Waals surface area contributed by atoms with Gasteiger partial charge in [-0.3, -0.25) is 48.5 Å². The summed E-state index contributed by atoms with van der Waals surface area (Å²) in [5, 5.41) is 11.4. The zero-order valence-corrected chi connectivity index (χ0v) is 44.3. The van der Waals surface area contributed by atoms with Crippen molar-refractivity contribution in [2.75, 3.05) is 13.1 Å². The Morgan fingerprint density at radius 2 is 1.57 bits per heavy atom. The van der Waals surface area contributed by atoms with Crippen LogP contribution in [0.15, 0.2) is 103 Å². The van der Waals surface area contributed by atoms with Gasteiger partial charge in [0, 0.05) is 73.6 Å². The Labute approximate surface area is 459 Å². The van der Waals surface area contributed by atoms with Crippen LogP contribution in [0.4, 0.5) is 8.78 Å². The summed E-state index contributed by atoms with van der Waals surface area (Å²) in [6.07, 6.45) is 2.82. The Hall–Kier alpha value is -8.31. The first-order valence-electron chi connectivity index (χ1n) is 26.5. The molecule has 0 radical (unpaired) electrons. The summed E-state index contributed by atoms with van der Waals surface area (Å²) < 4.78 is 29.1. The van der Waals surface area contributed by atoms with Gasteiger partial charge < -0.3 is 36.4 Å². The average Bonchev–Trinajstić information content (AvgIpc) is 4.35. The SMILES string of the molecule is CC(F)(F)c1ccc2sc(C(=O)N[C@H]3CN(C(=O)CCCCCC#Cc4cccc5c4CN(C4CCC(=O)NC4=O)C5=O)C[C@H]4CC[C@@H](C(=O)N[C@@H](CCC(N)=O)C(=O)NC(c5ccccc5)c5ccccc5)N4C3=O)cc2c1. The first-order chi connectivity index (χ1) is 37.9. The van der Waals surface area contributed by atoms with Gasteiger partial charge in [0.2, 0.25) is 41.4 Å². The average molecular weight is 1100 g/mol. The van der Waals surface area contributed by atoms with Gasteiger partial charge in [0.05, 0.1) is 17.0 Å². The van der Waals surface area contributed by atoms with Crippen LogP contribution in [0.5, 0.6) is 0 Å². The Morgan fingerprint density at radius 3 is 2.27 bits per heavy atom. The molecular weight excluding hydrogens is 1030 g/mol. The molecule has 410 valence electrons. The van der Waals surface area contributed by atoms with Crippen LogP contribution in [0.3, 0.4) is 0 Å². The zero-order chi connectivity index (χ0) is 56.0. The number of amides is 9. The van der Waals surface area contributed by atoms with Gasteiger partial charge in [-0.2, -0.15) is 0 Å². The maximum absolute atomic E-state index is 14.9. The summed E-state index contributed by atoms with van der Waals surface area (Å²) in [5.41, 5.74) is 8.71. The molecule has 6 N–H and O–H groups in total. The first kappa shape index (κ1) is 55.4. The minimum atomic E-state index is -3.12. The highest BCUT2D eigenvalue weighted by atomic mass is 32.1. The Bertz CT molecular complexity index is 3230. The third-order valence-electron chi connectivity index (χ3n) is 15.0. The molecule has 5 heterocycles. The number of fused-ring (bicyclic) bond motifs is 3. The van der Waals surface area contributed by atoms with Crippen LogP contribution in [-0.2, 0) is 46.0 Å². The van der Waals surface area contributed by atoms with Crippen LogP contribution >= 0.6 is 11.3 Å². The van der Waals surface area contributed by atoms with Gasteiger partial charge >= 0.3 is 0 Å². The number of rotatable bonds is 18. The normalized spacial score (nSPS) is 19.5. The number of hydrogen-bond donors (Lipinski definition) is 5. The fourth-order valence-corrected chi connectivity index (χ4v) is 11.8. The highest BCUT2D eigenvalue weighted by Gasteiger charge is 2.48. The fraction of sp³-hybridized carbons (Fsp3) is 0.373. The summed E-state index contributed by atoms with van der Waals surface area (Å²) in [7, 11) is 0. The largest absolute Gasteiger partial charge is 0.370 e. The highest BCUT2D eigenvalue weighted by Crippen LogP contribution is 2.35. The number of thiophene rings is 1. The number of primary amides is 1. The zero-order valence-electron chi connectivity index (χ0n) is 43.4. The highest BCUT2D eigenvalue weighted by molar-refractivity contribution is 7.20. The number of imide groups is 1. The maximum atomic E-state index is 14.9. The Kier molecular flexibility index (Phi) is 16.9. The minimum absolute atomic E-state index is 0.0510. The second kappa shape index (κ2) is 24.1. The van der Waals surface area contributed by atoms with Crippen molar-refractivity contribution in [2.24, 2.45) is 5.73 Å². The third-order valence-corrected chi connectivity index (χ3v) is 16.1. The maximum Gasteiger partial charge on any atom is 0.270 e. The predicted molar refractivity (Wildman–Crippen MR) is 289 cm³/mol. The van der Waals surface area contributed by atoms with Gasteiger partial charge in [0.25, 0.3) is 17.7 Å². The van der Waals surface area contributed by atoms with Crippen LogP contribution in [0.25, 0.3) is 10.1 Å². The first-order valence-corrected chi connectivity index (χ1v) is 27.3. The lowest BCUT2D eigenvalue weighted by atomic mass is 9.98. The molecule has 0 bridgehead atoms. The molecule has 0 saturated carbocycles. The van der Waals surface area contributed by atoms with Gasteiger partial charge in [-0.25, -0.2) is 8.78 Å². The van der Waals surface area contributed by atoms with Crippen molar-refractivity contribution in [2.45, 2.75) is 126 Å². The topological polar surface area (TPSA) is 237 Å². The predicted octanol–water partition coefficient (Wildman–Crippen LogP) is 5.73. The number of hydrogen-bond acceptors (Lipinski definition) is 10. The van der Waals surface area contributed by atoms with Gasteiger partial charge in [-0.1, -0.05) is 91.1 Å². The molecule has 0 aliphatic carbocycles. The fourth-order valence-electron chi connectivity index (χ4n) is 10.8. The van der Waals surface area contributed by atoms with Crippen molar-refractivity contribution >= 4 is 74.6 Å². The summed E-state index contributed by atoms with van der Waals surface area (Å²) in [4.78, 5) is 126. The van der Waals surface area contributed by atoms with Crippen molar-refractivity contribution in [3.05, 3.63) is 141 Å². The molecule has 9 amide bonds. The molecule has 4 aromatic carbocycles. The standard InChI is InChI=1S/C59H60F2N8O9S/c1-59(60,61)39-22-27-47-38(30-39)31-48(79-47)56(76)64-44-34-67(51(72)21-12-4-2-3-7-14-35-19-13-20-41-42(35)33-68(57(41)77)45-26-29-50(71)65-54(45)74)32-40-23-25-46(69(40)58(44)78)55(75)63-43(24-28-49(62)70)53(73)66-52(36-15-8-5-9-16-36)37-17-10-6-11-18-37/h5-6,8-11,13,15-20,22,27,30-31,40,43-46,52H,2-4,12,21,23-26,28-29,32-34H2,1H3,(H2,62,70)(H,63,75)(H,64,76)(H,66,73)(H,65,71,74)/t40-,43+,44+,45?,46+/m1/s1. The van der Waals surface area contributed by atoms with Crippen LogP contribution in [-0.4, -0.2) is 111 Å². The molecular formula is C59H60F2N8O9S. The second-order valence-corrected chi connectivity index (χ2v) is 21.6. The summed E-state index contributed by atoms with van der Waals surface area (Å²) in [5.74, 6) is -1.44. The number of nitrogens with one attached hydrogen (secondary N) is 4. The van der Waals surface area contributed by atoms with E-state index in [0.717, 1.165) is 35.0 Å². The van der Waals surface area contributed by atoms with Crippen LogP contribution in [0.1, 0.15) is 131 Å². The van der Waals surface area contributed by atoms with Crippen LogP contribution in [0, 0.1) is 11.8 Å². The van der Waals surface area contributed by atoms with E-state index in [1.54, 1.807) is 12.1 Å². The van der Waals surface area contributed by atoms with E-state index in [4.69, 9.17) is 5.73 Å². The molecule has 3 fully saturated rings. The number of piperidine rings is 1. The molecule has 5 aromatic rings. The lowest BCUT2D eigenvalue weighted by Crippen LogP contribution is -2.58. The van der Waals surface area contributed by atoms with Gasteiger partial charge in [-0.15, -0.1) is 11.3 Å². The molecule has 5 atom stereocenters. The van der Waals surface area contributed by atoms with Gasteiger partial charge in [0.15, 0.2) is 0 Å². The van der Waals surface area contributed by atoms with E-state index >= 15 is 0 Å². The summed E-state index contributed by atoms with van der Waals surface area (Å²) >= 11 is 1.05. The Morgan fingerprint density at radius 1 is 0.835 bits per heavy atom. The van der Waals surface area contributed by atoms with Crippen molar-refractivity contribution in [1.29, 1.82) is 0 Å². The summed E-state index contributed by atoms with van der Waals surface area (Å²) in [6.45, 7) is 0.809. The van der Waals surface area contributed by atoms with E-state index in [1.165, 1.54) is 39.0 Å². The molecule has 1 aromatic heterocycles. The van der Waals surface area contributed by atoms with E-state index in [-0.39, 0.29) is 86.3 Å². The molecule has 4 aliphatic heterocycles. The van der Waals surface area contributed by atoms with E-state index < -0.39 is 77.6 Å². The number of nitrogens with two attached hydrogens (primary N) is 1. The van der Waals surface area contributed by atoms with Crippen molar-refractivity contribution in [3.63, 3.8) is 0 Å².